The van der Waals surface area contributed by atoms with Gasteiger partial charge in [-0.05, 0) is 23.8 Å². The second-order valence-corrected chi connectivity index (χ2v) is 3.52. The number of hydrogen-bond donors (Lipinski definition) is 2. The molecule has 2 aromatic heterocycles. The summed E-state index contributed by atoms with van der Waals surface area (Å²) in [6.45, 7) is 1.03. The maximum atomic E-state index is 10.8. The van der Waals surface area contributed by atoms with Crippen LogP contribution < -0.4 is 5.32 Å². The molecular weight excluding hydrogens is 220 g/mol. The van der Waals surface area contributed by atoms with E-state index in [1.807, 2.05) is 12.1 Å². The van der Waals surface area contributed by atoms with Gasteiger partial charge < -0.3 is 14.8 Å². The van der Waals surface area contributed by atoms with Crippen molar-refractivity contribution in [1.29, 1.82) is 0 Å². The number of carboxylic acids is 1. The third kappa shape index (κ3) is 2.92. The lowest BCUT2D eigenvalue weighted by Gasteiger charge is -2.03. The van der Waals surface area contributed by atoms with E-state index in [0.717, 1.165) is 5.56 Å². The number of aromatic carboxylic acids is 1. The largest absolute Gasteiger partial charge is 0.478 e. The molecule has 0 aliphatic rings. The molecular formula is C12H12N2O3. The van der Waals surface area contributed by atoms with Gasteiger partial charge in [-0.3, -0.25) is 4.98 Å². The molecule has 0 aromatic carbocycles. The van der Waals surface area contributed by atoms with Gasteiger partial charge in [-0.1, -0.05) is 0 Å². The van der Waals surface area contributed by atoms with Crippen molar-refractivity contribution < 1.29 is 14.3 Å². The minimum absolute atomic E-state index is 0.201. The van der Waals surface area contributed by atoms with Crippen LogP contribution in [0.2, 0.25) is 0 Å². The van der Waals surface area contributed by atoms with E-state index in [9.17, 15) is 4.79 Å². The highest BCUT2D eigenvalue weighted by molar-refractivity contribution is 5.88. The summed E-state index contributed by atoms with van der Waals surface area (Å²) in [6.07, 6.45) is 4.81. The van der Waals surface area contributed by atoms with Crippen LogP contribution in [-0.4, -0.2) is 16.1 Å². The normalized spacial score (nSPS) is 10.4. The summed E-state index contributed by atoms with van der Waals surface area (Å²) in [4.78, 5) is 14.7. The first-order valence-electron chi connectivity index (χ1n) is 5.16. The van der Waals surface area contributed by atoms with E-state index in [-0.39, 0.29) is 5.56 Å². The highest BCUT2D eigenvalue weighted by Gasteiger charge is 2.12. The number of hydrogen-bond acceptors (Lipinski definition) is 4. The molecule has 0 fully saturated rings. The van der Waals surface area contributed by atoms with Gasteiger partial charge in [0.15, 0.2) is 0 Å². The molecule has 2 N–H and O–H groups in total. The Morgan fingerprint density at radius 2 is 2.06 bits per heavy atom. The van der Waals surface area contributed by atoms with Crippen LogP contribution >= 0.6 is 0 Å². The summed E-state index contributed by atoms with van der Waals surface area (Å²) in [5, 5.41) is 12.0. The number of nitrogens with zero attached hydrogens (tertiary/aromatic N) is 1. The molecule has 0 atom stereocenters. The monoisotopic (exact) mass is 232 g/mol. The van der Waals surface area contributed by atoms with Crippen molar-refractivity contribution in [1.82, 2.24) is 10.3 Å². The van der Waals surface area contributed by atoms with Crippen LogP contribution in [0.25, 0.3) is 0 Å². The lowest BCUT2D eigenvalue weighted by atomic mass is 10.2. The van der Waals surface area contributed by atoms with Crippen molar-refractivity contribution in [2.45, 2.75) is 13.1 Å². The Bertz CT molecular complexity index is 493. The molecule has 0 saturated heterocycles. The Labute approximate surface area is 98.1 Å². The van der Waals surface area contributed by atoms with Crippen LogP contribution in [-0.2, 0) is 13.1 Å². The smallest absolute Gasteiger partial charge is 0.339 e. The molecule has 0 amide bonds. The van der Waals surface area contributed by atoms with Gasteiger partial charge >= 0.3 is 5.97 Å². The zero-order valence-corrected chi connectivity index (χ0v) is 9.09. The van der Waals surface area contributed by atoms with Crippen molar-refractivity contribution >= 4 is 5.97 Å². The summed E-state index contributed by atoms with van der Waals surface area (Å²) >= 11 is 0. The zero-order valence-electron chi connectivity index (χ0n) is 9.09. The van der Waals surface area contributed by atoms with Gasteiger partial charge in [-0.2, -0.15) is 0 Å². The number of aromatic nitrogens is 1. The van der Waals surface area contributed by atoms with Gasteiger partial charge in [0.25, 0.3) is 0 Å². The first-order chi connectivity index (χ1) is 8.27. The van der Waals surface area contributed by atoms with Crippen LogP contribution in [0.5, 0.6) is 0 Å². The predicted octanol–water partition coefficient (Wildman–Crippen LogP) is 1.66. The summed E-state index contributed by atoms with van der Waals surface area (Å²) in [7, 11) is 0. The molecule has 2 aromatic rings. The molecule has 0 bridgehead atoms. The van der Waals surface area contributed by atoms with Crippen LogP contribution in [0.15, 0.2) is 41.3 Å². The van der Waals surface area contributed by atoms with Crippen molar-refractivity contribution in [3.8, 4) is 0 Å². The van der Waals surface area contributed by atoms with Crippen LogP contribution in [0.3, 0.4) is 0 Å². The lowest BCUT2D eigenvalue weighted by Crippen LogP contribution is -2.14. The average Bonchev–Trinajstić information content (AvgIpc) is 2.79. The molecule has 0 radical (unpaired) electrons. The molecule has 88 valence electrons. The van der Waals surface area contributed by atoms with Gasteiger partial charge in [0.05, 0.1) is 12.8 Å². The van der Waals surface area contributed by atoms with Crippen molar-refractivity contribution in [3.05, 3.63) is 53.7 Å². The second kappa shape index (κ2) is 5.27. The first-order valence-corrected chi connectivity index (χ1v) is 5.16. The van der Waals surface area contributed by atoms with E-state index >= 15 is 0 Å². The number of pyridine rings is 1. The van der Waals surface area contributed by atoms with E-state index in [1.54, 1.807) is 12.4 Å². The Hall–Kier alpha value is -2.14. The fourth-order valence-corrected chi connectivity index (χ4v) is 1.49. The van der Waals surface area contributed by atoms with Crippen LogP contribution in [0.1, 0.15) is 21.7 Å². The van der Waals surface area contributed by atoms with E-state index in [1.165, 1.54) is 12.3 Å². The lowest BCUT2D eigenvalue weighted by molar-refractivity contribution is 0.0694. The summed E-state index contributed by atoms with van der Waals surface area (Å²) in [5.41, 5.74) is 1.29. The number of nitrogens with one attached hydrogen (secondary N) is 1. The highest BCUT2D eigenvalue weighted by atomic mass is 16.4. The number of carboxylic acid groups (broad SMARTS) is 1. The van der Waals surface area contributed by atoms with Crippen LogP contribution in [0.4, 0.5) is 0 Å². The first kappa shape index (κ1) is 11.3. The van der Waals surface area contributed by atoms with Gasteiger partial charge in [-0.25, -0.2) is 4.79 Å². The van der Waals surface area contributed by atoms with E-state index < -0.39 is 5.97 Å². The number of carbonyl (C=O) groups is 1. The van der Waals surface area contributed by atoms with E-state index in [2.05, 4.69) is 10.3 Å². The Balaban J connectivity index is 1.90. The zero-order chi connectivity index (χ0) is 12.1. The van der Waals surface area contributed by atoms with Crippen molar-refractivity contribution in [2.24, 2.45) is 0 Å². The molecule has 2 rings (SSSR count). The highest BCUT2D eigenvalue weighted by Crippen LogP contribution is 2.10. The molecule has 2 heterocycles. The minimum atomic E-state index is -0.973. The van der Waals surface area contributed by atoms with Crippen LogP contribution in [0, 0.1) is 0 Å². The third-order valence-electron chi connectivity index (χ3n) is 2.34. The quantitative estimate of drug-likeness (QED) is 0.820. The molecule has 0 spiro atoms. The van der Waals surface area contributed by atoms with Crippen molar-refractivity contribution in [3.63, 3.8) is 0 Å². The third-order valence-corrected chi connectivity index (χ3v) is 2.34. The van der Waals surface area contributed by atoms with Crippen molar-refractivity contribution in [2.75, 3.05) is 0 Å². The SMILES string of the molecule is O=C(O)c1ccoc1CNCc1ccncc1. The fourth-order valence-electron chi connectivity index (χ4n) is 1.49. The van der Waals surface area contributed by atoms with E-state index in [0.29, 0.717) is 18.8 Å². The average molecular weight is 232 g/mol. The Kier molecular flexibility index (Phi) is 3.52. The maximum Gasteiger partial charge on any atom is 0.339 e. The molecule has 17 heavy (non-hydrogen) atoms. The molecule has 5 heteroatoms. The summed E-state index contributed by atoms with van der Waals surface area (Å²) in [6, 6.07) is 5.24. The molecule has 5 nitrogen and oxygen atoms in total. The fraction of sp³-hybridized carbons (Fsp3) is 0.167. The maximum absolute atomic E-state index is 10.8. The summed E-state index contributed by atoms with van der Waals surface area (Å²) in [5.74, 6) is -0.536. The topological polar surface area (TPSA) is 75.4 Å². The summed E-state index contributed by atoms with van der Waals surface area (Å²) < 4.78 is 5.11. The minimum Gasteiger partial charge on any atom is -0.478 e. The van der Waals surface area contributed by atoms with Gasteiger partial charge in [0.1, 0.15) is 11.3 Å². The molecule has 0 aliphatic heterocycles. The molecule has 0 aliphatic carbocycles. The van der Waals surface area contributed by atoms with Gasteiger partial charge in [0.2, 0.25) is 0 Å². The molecule has 0 unspecified atom stereocenters. The van der Waals surface area contributed by atoms with Gasteiger partial charge in [0, 0.05) is 18.9 Å². The standard InChI is InChI=1S/C12H12N2O3/c15-12(16)10-3-6-17-11(10)8-14-7-9-1-4-13-5-2-9/h1-6,14H,7-8H2,(H,15,16). The Morgan fingerprint density at radius 1 is 1.29 bits per heavy atom. The Morgan fingerprint density at radius 3 is 2.76 bits per heavy atom. The van der Waals surface area contributed by atoms with E-state index in [4.69, 9.17) is 9.52 Å². The second-order valence-electron chi connectivity index (χ2n) is 3.52. The predicted molar refractivity (Wildman–Crippen MR) is 60.4 cm³/mol. The van der Waals surface area contributed by atoms with Gasteiger partial charge in [-0.15, -0.1) is 0 Å². The number of furan rings is 1. The molecule has 0 saturated carbocycles. The number of rotatable bonds is 5.